The summed E-state index contributed by atoms with van der Waals surface area (Å²) in [7, 11) is 0. The first-order valence-electron chi connectivity index (χ1n) is 5.95. The van der Waals surface area contributed by atoms with Crippen LogP contribution in [0, 0.1) is 11.8 Å². The molecule has 0 radical (unpaired) electrons. The fourth-order valence-corrected chi connectivity index (χ4v) is 4.39. The maximum absolute atomic E-state index is 12.2. The van der Waals surface area contributed by atoms with Gasteiger partial charge in [0.2, 0.25) is 0 Å². The summed E-state index contributed by atoms with van der Waals surface area (Å²) in [5, 5.41) is 0. The van der Waals surface area contributed by atoms with Crippen LogP contribution in [0.3, 0.4) is 0 Å². The number of hydrogen-bond donors (Lipinski definition) is 0. The molecule has 1 saturated carbocycles. The molecule has 0 saturated heterocycles. The van der Waals surface area contributed by atoms with Gasteiger partial charge in [0.15, 0.2) is 0 Å². The van der Waals surface area contributed by atoms with Crippen molar-refractivity contribution in [1.29, 1.82) is 0 Å². The van der Waals surface area contributed by atoms with Crippen LogP contribution in [-0.2, 0) is 9.59 Å². The van der Waals surface area contributed by atoms with Crippen molar-refractivity contribution in [2.45, 2.75) is 26.2 Å². The molecule has 0 amide bonds. The summed E-state index contributed by atoms with van der Waals surface area (Å²) in [4.78, 5) is 23.5. The Labute approximate surface area is 108 Å². The molecule has 0 N–H and O–H groups in total. The number of hydrogen-bond acceptors (Lipinski definition) is 2. The van der Waals surface area contributed by atoms with E-state index < -0.39 is 0 Å². The van der Waals surface area contributed by atoms with Gasteiger partial charge in [0.1, 0.15) is 0 Å². The second-order valence-electron chi connectivity index (χ2n) is 4.60. The standard InChI is InChI=1S/C14H16O2Se/c1-10-9-11(15)7-8-13(10)14(16)17-12-5-3-2-4-6-12/h2-6,10,13H,7-9H2,1H3/t10-,13-/m0/s1. The van der Waals surface area contributed by atoms with E-state index in [-0.39, 0.29) is 26.8 Å². The van der Waals surface area contributed by atoms with Gasteiger partial charge in [-0.1, -0.05) is 0 Å². The van der Waals surface area contributed by atoms with E-state index in [1.165, 1.54) is 0 Å². The van der Waals surface area contributed by atoms with Gasteiger partial charge in [-0.3, -0.25) is 0 Å². The number of benzene rings is 1. The Morgan fingerprint density at radius 2 is 2.00 bits per heavy atom. The Bertz CT molecular complexity index is 413. The zero-order valence-electron chi connectivity index (χ0n) is 9.89. The van der Waals surface area contributed by atoms with Crippen LogP contribution in [0.2, 0.25) is 0 Å². The molecule has 17 heavy (non-hydrogen) atoms. The molecule has 0 aliphatic heterocycles. The van der Waals surface area contributed by atoms with E-state index >= 15 is 0 Å². The van der Waals surface area contributed by atoms with Crippen LogP contribution in [0.5, 0.6) is 0 Å². The molecule has 3 heteroatoms. The number of ketones is 1. The van der Waals surface area contributed by atoms with Crippen LogP contribution in [-0.4, -0.2) is 25.4 Å². The van der Waals surface area contributed by atoms with Crippen LogP contribution in [0.25, 0.3) is 0 Å². The maximum atomic E-state index is 12.2. The van der Waals surface area contributed by atoms with Gasteiger partial charge < -0.3 is 0 Å². The Morgan fingerprint density at radius 1 is 1.29 bits per heavy atom. The van der Waals surface area contributed by atoms with Gasteiger partial charge in [-0.05, 0) is 0 Å². The van der Waals surface area contributed by atoms with E-state index in [0.717, 1.165) is 10.9 Å². The Hall–Kier alpha value is -0.921. The fourth-order valence-electron chi connectivity index (χ4n) is 2.23. The molecule has 0 bridgehead atoms. The first kappa shape index (κ1) is 12.5. The van der Waals surface area contributed by atoms with Gasteiger partial charge in [0.25, 0.3) is 0 Å². The molecule has 1 aromatic carbocycles. The van der Waals surface area contributed by atoms with Crippen molar-refractivity contribution >= 4 is 29.9 Å². The first-order valence-corrected chi connectivity index (χ1v) is 7.66. The molecule has 2 rings (SSSR count). The van der Waals surface area contributed by atoms with Gasteiger partial charge >= 0.3 is 108 Å². The van der Waals surface area contributed by atoms with Crippen LogP contribution >= 0.6 is 0 Å². The van der Waals surface area contributed by atoms with Gasteiger partial charge in [-0.2, -0.15) is 0 Å². The molecule has 0 spiro atoms. The van der Waals surface area contributed by atoms with E-state index in [2.05, 4.69) is 0 Å². The average molecular weight is 295 g/mol. The molecule has 1 aromatic rings. The summed E-state index contributed by atoms with van der Waals surface area (Å²) >= 11 is -0.0967. The molecular formula is C14H16O2Se. The summed E-state index contributed by atoms with van der Waals surface area (Å²) < 4.78 is 1.48. The molecule has 2 atom stereocenters. The zero-order chi connectivity index (χ0) is 12.3. The predicted molar refractivity (Wildman–Crippen MR) is 68.3 cm³/mol. The molecule has 1 fully saturated rings. The second kappa shape index (κ2) is 5.61. The van der Waals surface area contributed by atoms with Crippen molar-refractivity contribution in [2.24, 2.45) is 11.8 Å². The number of carbonyl (C=O) groups excluding carboxylic acids is 2. The van der Waals surface area contributed by atoms with Gasteiger partial charge in [0.05, 0.1) is 0 Å². The summed E-state index contributed by atoms with van der Waals surface area (Å²) in [5.41, 5.74) is 0. The topological polar surface area (TPSA) is 34.1 Å². The van der Waals surface area contributed by atoms with Crippen molar-refractivity contribution in [3.05, 3.63) is 30.3 Å². The molecule has 0 unspecified atom stereocenters. The fraction of sp³-hybridized carbons (Fsp3) is 0.429. The van der Waals surface area contributed by atoms with Crippen molar-refractivity contribution in [3.63, 3.8) is 0 Å². The van der Waals surface area contributed by atoms with Crippen LogP contribution in [0.4, 0.5) is 0 Å². The minimum atomic E-state index is -0.0967. The van der Waals surface area contributed by atoms with Gasteiger partial charge in [-0.25, -0.2) is 0 Å². The van der Waals surface area contributed by atoms with Crippen molar-refractivity contribution < 1.29 is 9.59 Å². The molecule has 0 aromatic heterocycles. The van der Waals surface area contributed by atoms with Gasteiger partial charge in [0, 0.05) is 0 Å². The van der Waals surface area contributed by atoms with Crippen LogP contribution < -0.4 is 4.46 Å². The third kappa shape index (κ3) is 3.27. The molecule has 1 aliphatic carbocycles. The molecule has 0 heterocycles. The molecule has 90 valence electrons. The van der Waals surface area contributed by atoms with E-state index in [0.29, 0.717) is 23.3 Å². The molecular weight excluding hydrogens is 279 g/mol. The number of rotatable bonds is 3. The van der Waals surface area contributed by atoms with E-state index in [1.807, 2.05) is 37.3 Å². The second-order valence-corrected chi connectivity index (χ2v) is 6.86. The Morgan fingerprint density at radius 3 is 2.65 bits per heavy atom. The summed E-state index contributed by atoms with van der Waals surface area (Å²) in [6.45, 7) is 2.03. The minimum absolute atomic E-state index is 0.0967. The quantitative estimate of drug-likeness (QED) is 0.793. The average Bonchev–Trinajstić information content (AvgIpc) is 2.30. The Balaban J connectivity index is 1.98. The van der Waals surface area contributed by atoms with Crippen LogP contribution in [0.15, 0.2) is 30.3 Å². The number of carbonyl (C=O) groups is 2. The Kier molecular flexibility index (Phi) is 4.14. The van der Waals surface area contributed by atoms with Crippen molar-refractivity contribution in [2.75, 3.05) is 0 Å². The molecule has 2 nitrogen and oxygen atoms in total. The first-order chi connectivity index (χ1) is 8.16. The van der Waals surface area contributed by atoms with Crippen molar-refractivity contribution in [3.8, 4) is 0 Å². The van der Waals surface area contributed by atoms with E-state index in [4.69, 9.17) is 0 Å². The summed E-state index contributed by atoms with van der Waals surface area (Å²) in [6, 6.07) is 9.93. The van der Waals surface area contributed by atoms with Gasteiger partial charge in [-0.15, -0.1) is 0 Å². The predicted octanol–water partition coefficient (Wildman–Crippen LogP) is 1.55. The van der Waals surface area contributed by atoms with Crippen LogP contribution in [0.1, 0.15) is 26.2 Å². The SMILES string of the molecule is C[C@H]1CC(=O)CC[C@@H]1C(=O)[Se]c1ccccc1. The van der Waals surface area contributed by atoms with Crippen molar-refractivity contribution in [1.82, 2.24) is 0 Å². The molecule has 1 aliphatic rings. The summed E-state index contributed by atoms with van der Waals surface area (Å²) in [5.74, 6) is 0.649. The third-order valence-corrected chi connectivity index (χ3v) is 5.36. The monoisotopic (exact) mass is 296 g/mol. The van der Waals surface area contributed by atoms with E-state index in [1.54, 1.807) is 0 Å². The van der Waals surface area contributed by atoms with E-state index in [9.17, 15) is 9.59 Å². The third-order valence-electron chi connectivity index (χ3n) is 3.24. The number of Topliss-reactive ketones (excluding diaryl/α,β-unsaturated/α-hetero) is 1. The normalized spacial score (nSPS) is 24.6. The zero-order valence-corrected chi connectivity index (χ0v) is 11.6. The summed E-state index contributed by atoms with van der Waals surface area (Å²) in [6.07, 6.45) is 1.93.